The van der Waals surface area contributed by atoms with Crippen molar-refractivity contribution in [3.63, 3.8) is 0 Å². The van der Waals surface area contributed by atoms with Crippen LogP contribution in [0.1, 0.15) is 95.5 Å². The first-order chi connectivity index (χ1) is 13.1. The summed E-state index contributed by atoms with van der Waals surface area (Å²) in [5, 5.41) is 0. The molecule has 0 fully saturated rings. The van der Waals surface area contributed by atoms with Crippen molar-refractivity contribution < 1.29 is 78.0 Å². The number of hydrogen-bond donors (Lipinski definition) is 0. The molecule has 1 aromatic rings. The Balaban J connectivity index is 0. The second-order valence-electron chi connectivity index (χ2n) is 7.47. The van der Waals surface area contributed by atoms with Gasteiger partial charge in [-0.2, -0.15) is 0 Å². The Kier molecular flexibility index (Phi) is 25.2. The van der Waals surface area contributed by atoms with Gasteiger partial charge in [0.15, 0.2) is 0 Å². The van der Waals surface area contributed by atoms with Crippen molar-refractivity contribution in [3.8, 4) is 0 Å². The first kappa shape index (κ1) is 32.5. The molecule has 0 aliphatic heterocycles. The van der Waals surface area contributed by atoms with Crippen LogP contribution in [0.3, 0.4) is 0 Å². The molecule has 0 unspecified atom stereocenters. The molecule has 0 saturated heterocycles. The van der Waals surface area contributed by atoms with Crippen LogP contribution >= 0.6 is 7.82 Å². The molecular weight excluding hydrogens is 405 g/mol. The van der Waals surface area contributed by atoms with E-state index in [2.05, 4.69) is 34.9 Å². The summed E-state index contributed by atoms with van der Waals surface area (Å²) in [7, 11) is -4.77. The van der Waals surface area contributed by atoms with Gasteiger partial charge in [0.2, 0.25) is 0 Å². The molecule has 4 nitrogen and oxygen atoms in total. The van der Waals surface area contributed by atoms with Crippen LogP contribution in [0, 0.1) is 0 Å². The smallest absolute Gasteiger partial charge is 0.790 e. The van der Waals surface area contributed by atoms with Crippen LogP contribution in [-0.2, 0) is 15.5 Å². The maximum absolute atomic E-state index is 10.3. The van der Waals surface area contributed by atoms with Crippen LogP contribution in [0.4, 0.5) is 0 Å². The summed E-state index contributed by atoms with van der Waals surface area (Å²) in [6.07, 6.45) is 18.4. The Morgan fingerprint density at radius 1 is 0.621 bits per heavy atom. The minimum absolute atomic E-state index is 0. The molecule has 0 radical (unpaired) electrons. The normalized spacial score (nSPS) is 11.0. The Hall–Kier alpha value is 1.33. The molecule has 29 heavy (non-hydrogen) atoms. The van der Waals surface area contributed by atoms with Crippen molar-refractivity contribution in [2.24, 2.45) is 0 Å². The Morgan fingerprint density at radius 2 is 1.00 bits per heavy atom. The molecule has 0 aliphatic rings. The van der Waals surface area contributed by atoms with Gasteiger partial charge in [-0.15, -0.1) is 0 Å². The third-order valence-electron chi connectivity index (χ3n) is 4.95. The van der Waals surface area contributed by atoms with E-state index >= 15 is 0 Å². The number of unbranched alkanes of at least 4 members (excludes halogenated alkanes) is 13. The average Bonchev–Trinajstić information content (AvgIpc) is 2.64. The summed E-state index contributed by atoms with van der Waals surface area (Å²) in [6, 6.07) is 10.8. The quantitative estimate of drug-likeness (QED) is 0.175. The number of phosphoric acid groups is 1. The van der Waals surface area contributed by atoms with Gasteiger partial charge in [0.25, 0.3) is 0 Å². The molecule has 156 valence electrons. The molecule has 0 amide bonds. The van der Waals surface area contributed by atoms with E-state index in [1.54, 1.807) is 0 Å². The minimum Gasteiger partial charge on any atom is -0.790 e. The average molecular weight is 442 g/mol. The van der Waals surface area contributed by atoms with Gasteiger partial charge in [0.05, 0.1) is 14.4 Å². The summed E-state index contributed by atoms with van der Waals surface area (Å²) in [5.74, 6) is 0. The molecule has 0 aromatic heterocycles. The number of aryl methyl sites for hydroxylation is 1. The molecule has 0 aliphatic carbocycles. The fourth-order valence-corrected chi connectivity index (χ4v) is 3.73. The molecule has 0 bridgehead atoms. The molecule has 0 atom stereocenters. The van der Waals surface area contributed by atoms with Crippen molar-refractivity contribution in [1.29, 1.82) is 0 Å². The van der Waals surface area contributed by atoms with Crippen LogP contribution in [0.25, 0.3) is 0 Å². The largest absolute Gasteiger partial charge is 1.00 e. The Bertz CT molecular complexity index is 497. The zero-order chi connectivity index (χ0) is 19.6. The minimum atomic E-state index is -4.77. The topological polar surface area (TPSA) is 72.4 Å². The van der Waals surface area contributed by atoms with Gasteiger partial charge in [-0.25, -0.2) is 0 Å². The van der Waals surface area contributed by atoms with Crippen molar-refractivity contribution in [3.05, 3.63) is 35.9 Å². The van der Waals surface area contributed by atoms with E-state index in [9.17, 15) is 14.4 Å². The molecule has 0 N–H and O–H groups in total. The van der Waals surface area contributed by atoms with E-state index in [4.69, 9.17) is 0 Å². The van der Waals surface area contributed by atoms with Crippen LogP contribution in [0.15, 0.2) is 30.3 Å². The van der Waals surface area contributed by atoms with Gasteiger partial charge in [-0.3, -0.25) is 0 Å². The summed E-state index contributed by atoms with van der Waals surface area (Å²) in [6.45, 7) is 0.0382. The van der Waals surface area contributed by atoms with Gasteiger partial charge in [-0.1, -0.05) is 107 Å². The van der Waals surface area contributed by atoms with E-state index in [-0.39, 0.29) is 65.7 Å². The van der Waals surface area contributed by atoms with Crippen LogP contribution < -0.4 is 68.9 Å². The third kappa shape index (κ3) is 23.8. The van der Waals surface area contributed by atoms with Gasteiger partial charge < -0.3 is 18.9 Å². The van der Waals surface area contributed by atoms with Gasteiger partial charge in [0, 0.05) is 0 Å². The Labute approximate surface area is 222 Å². The van der Waals surface area contributed by atoms with Crippen molar-refractivity contribution >= 4 is 7.82 Å². The molecular formula is C22H37Na2O4P. The van der Waals surface area contributed by atoms with Gasteiger partial charge in [0.1, 0.15) is 0 Å². The molecule has 0 saturated carbocycles. The second kappa shape index (κ2) is 22.5. The SMILES string of the molecule is O=P([O-])([O-])OCCCCCCCCCCCCCCCCc1ccccc1.[Na+].[Na+]. The zero-order valence-electron chi connectivity index (χ0n) is 18.8. The molecule has 1 rings (SSSR count). The number of phosphoric ester groups is 1. The van der Waals surface area contributed by atoms with Crippen LogP contribution in [0.5, 0.6) is 0 Å². The maximum atomic E-state index is 10.3. The molecule has 0 heterocycles. The molecule has 1 aromatic carbocycles. The van der Waals surface area contributed by atoms with Crippen LogP contribution in [0.2, 0.25) is 0 Å². The van der Waals surface area contributed by atoms with E-state index in [1.807, 2.05) is 0 Å². The second-order valence-corrected chi connectivity index (χ2v) is 8.62. The zero-order valence-corrected chi connectivity index (χ0v) is 23.7. The maximum Gasteiger partial charge on any atom is 1.00 e. The van der Waals surface area contributed by atoms with E-state index in [0.717, 1.165) is 12.8 Å². The van der Waals surface area contributed by atoms with E-state index < -0.39 is 7.82 Å². The number of hydrogen-bond acceptors (Lipinski definition) is 4. The number of benzene rings is 1. The fourth-order valence-electron chi connectivity index (χ4n) is 3.37. The van der Waals surface area contributed by atoms with Crippen LogP contribution in [-0.4, -0.2) is 6.61 Å². The van der Waals surface area contributed by atoms with Gasteiger partial charge >= 0.3 is 59.1 Å². The Morgan fingerprint density at radius 3 is 1.41 bits per heavy atom. The molecule has 0 spiro atoms. The van der Waals surface area contributed by atoms with Crippen molar-refractivity contribution in [1.82, 2.24) is 0 Å². The summed E-state index contributed by atoms with van der Waals surface area (Å²) < 4.78 is 14.5. The monoisotopic (exact) mass is 442 g/mol. The van der Waals surface area contributed by atoms with E-state index in [1.165, 1.54) is 82.6 Å². The standard InChI is InChI=1S/C22H39O4P.2Na/c23-27(24,25)26-21-17-12-10-8-6-4-2-1-3-5-7-9-11-14-18-22-19-15-13-16-20-22;;/h13,15-16,19-20H,1-12,14,17-18,21H2,(H2,23,24,25);;/q;2*+1/p-2. The van der Waals surface area contributed by atoms with Gasteiger partial charge in [-0.05, 0) is 24.8 Å². The third-order valence-corrected chi connectivity index (χ3v) is 5.45. The summed E-state index contributed by atoms with van der Waals surface area (Å²) in [4.78, 5) is 20.6. The summed E-state index contributed by atoms with van der Waals surface area (Å²) >= 11 is 0. The first-order valence-corrected chi connectivity index (χ1v) is 12.2. The van der Waals surface area contributed by atoms with E-state index in [0.29, 0.717) is 6.42 Å². The van der Waals surface area contributed by atoms with Crippen molar-refractivity contribution in [2.45, 2.75) is 96.3 Å². The first-order valence-electron chi connectivity index (χ1n) is 10.8. The predicted molar refractivity (Wildman–Crippen MR) is 108 cm³/mol. The fraction of sp³-hybridized carbons (Fsp3) is 0.727. The summed E-state index contributed by atoms with van der Waals surface area (Å²) in [5.41, 5.74) is 1.46. The van der Waals surface area contributed by atoms with Crippen molar-refractivity contribution in [2.75, 3.05) is 6.61 Å². The predicted octanol–water partition coefficient (Wildman–Crippen LogP) is -0.456. The molecule has 7 heteroatoms. The number of rotatable bonds is 18.